The molecule has 0 saturated carbocycles. The summed E-state index contributed by atoms with van der Waals surface area (Å²) >= 11 is 0. The van der Waals surface area contributed by atoms with Crippen LogP contribution in [0.1, 0.15) is 44.2 Å². The number of carbonyl (C=O) groups excluding carboxylic acids is 2. The number of benzene rings is 2. The van der Waals surface area contributed by atoms with Crippen LogP contribution in [0.3, 0.4) is 0 Å². The molecule has 0 radical (unpaired) electrons. The first-order valence-corrected chi connectivity index (χ1v) is 21.8. The maximum Gasteiger partial charge on any atom is 0.407 e. The molecule has 1 aliphatic carbocycles. The molecule has 0 heterocycles. The lowest BCUT2D eigenvalue weighted by molar-refractivity contribution is -0.0275. The molecule has 62 heavy (non-hydrogen) atoms. The van der Waals surface area contributed by atoms with Gasteiger partial charge in [0.2, 0.25) is 0 Å². The molecule has 0 aromatic heterocycles. The van der Waals surface area contributed by atoms with Crippen LogP contribution in [0.25, 0.3) is 11.1 Å². The molecule has 2 aromatic carbocycles. The highest BCUT2D eigenvalue weighted by Crippen LogP contribution is 2.44. The minimum absolute atomic E-state index is 0.0446. The second-order valence-corrected chi connectivity index (χ2v) is 14.8. The molecule has 0 bridgehead atoms. The Bertz CT molecular complexity index is 1380. The van der Waals surface area contributed by atoms with Gasteiger partial charge in [-0.25, -0.2) is 9.59 Å². The molecule has 0 unspecified atom stereocenters. The highest BCUT2D eigenvalue weighted by atomic mass is 16.6. The summed E-state index contributed by atoms with van der Waals surface area (Å²) in [6.45, 7) is 17.0. The minimum Gasteiger partial charge on any atom is -0.449 e. The van der Waals surface area contributed by atoms with E-state index in [1.165, 1.54) is 22.3 Å². The van der Waals surface area contributed by atoms with E-state index < -0.39 is 17.8 Å². The van der Waals surface area contributed by atoms with Gasteiger partial charge in [-0.1, -0.05) is 48.5 Å². The summed E-state index contributed by atoms with van der Waals surface area (Å²) in [6.07, 6.45) is -0.197. The molecular weight excluding hydrogens is 808 g/mol. The van der Waals surface area contributed by atoms with Crippen molar-refractivity contribution in [2.24, 2.45) is 0 Å². The van der Waals surface area contributed by atoms with E-state index in [2.05, 4.69) is 34.9 Å². The molecule has 2 aromatic rings. The third kappa shape index (κ3) is 26.2. The zero-order valence-corrected chi connectivity index (χ0v) is 37.2. The molecule has 0 fully saturated rings. The average Bonchev–Trinajstić information content (AvgIpc) is 3.58. The first kappa shape index (κ1) is 52.9. The van der Waals surface area contributed by atoms with Gasteiger partial charge in [0.25, 0.3) is 0 Å². The van der Waals surface area contributed by atoms with Crippen molar-refractivity contribution in [1.29, 1.82) is 0 Å². The van der Waals surface area contributed by atoms with Gasteiger partial charge in [-0.3, -0.25) is 0 Å². The van der Waals surface area contributed by atoms with E-state index in [9.17, 15) is 9.59 Å². The van der Waals surface area contributed by atoms with Gasteiger partial charge in [-0.15, -0.1) is 0 Å². The third-order valence-electron chi connectivity index (χ3n) is 8.71. The highest BCUT2D eigenvalue weighted by molar-refractivity contribution is 5.79. The highest BCUT2D eigenvalue weighted by Gasteiger charge is 2.29. The largest absolute Gasteiger partial charge is 0.449 e. The van der Waals surface area contributed by atoms with Gasteiger partial charge in [-0.2, -0.15) is 0 Å². The van der Waals surface area contributed by atoms with Crippen LogP contribution >= 0.6 is 0 Å². The third-order valence-corrected chi connectivity index (χ3v) is 8.71. The van der Waals surface area contributed by atoms with E-state index in [-0.39, 0.29) is 5.92 Å². The van der Waals surface area contributed by atoms with Gasteiger partial charge in [-0.05, 0) is 49.4 Å². The van der Waals surface area contributed by atoms with Crippen LogP contribution in [-0.2, 0) is 61.6 Å². The number of hydrogen-bond acceptors (Lipinski definition) is 15. The maximum absolute atomic E-state index is 12.3. The summed E-state index contributed by atoms with van der Waals surface area (Å²) in [7, 11) is 0. The number of hydrogen-bond donors (Lipinski definition) is 2. The summed E-state index contributed by atoms with van der Waals surface area (Å²) in [6, 6.07) is 16.6. The van der Waals surface area contributed by atoms with Crippen molar-refractivity contribution >= 4 is 12.2 Å². The number of rotatable bonds is 39. The van der Waals surface area contributed by atoms with Gasteiger partial charge < -0.3 is 72.2 Å². The van der Waals surface area contributed by atoms with Crippen molar-refractivity contribution < 1.29 is 71.2 Å². The molecule has 2 N–H and O–H groups in total. The summed E-state index contributed by atoms with van der Waals surface area (Å²) in [5, 5.41) is 5.44. The quantitative estimate of drug-likeness (QED) is 0.0889. The number of carbonyl (C=O) groups is 2. The van der Waals surface area contributed by atoms with Crippen molar-refractivity contribution in [2.45, 2.75) is 38.7 Å². The SMILES string of the molecule is CC(C)(C)OC(=O)NCCOCCOCCOCCOCCOCCOCCOCCOCCOCCOCCOCCCNC(=O)OCC1c2ccccc2-c2ccccc21. The fourth-order valence-electron chi connectivity index (χ4n) is 5.85. The second kappa shape index (κ2) is 35.0. The fraction of sp³-hybridized carbons (Fsp3) is 0.689. The van der Waals surface area contributed by atoms with Crippen molar-refractivity contribution in [3.63, 3.8) is 0 Å². The Morgan fingerprint density at radius 2 is 0.758 bits per heavy atom. The van der Waals surface area contributed by atoms with E-state index in [0.717, 1.165) is 0 Å². The summed E-state index contributed by atoms with van der Waals surface area (Å²) in [5.74, 6) is 0.0446. The Morgan fingerprint density at radius 3 is 1.13 bits per heavy atom. The smallest absolute Gasteiger partial charge is 0.407 e. The first-order chi connectivity index (χ1) is 30.3. The zero-order valence-electron chi connectivity index (χ0n) is 37.2. The van der Waals surface area contributed by atoms with E-state index in [1.807, 2.05) is 45.0 Å². The van der Waals surface area contributed by atoms with Crippen LogP contribution in [0, 0.1) is 0 Å². The summed E-state index contributed by atoms with van der Waals surface area (Å²) in [5.41, 5.74) is 4.28. The van der Waals surface area contributed by atoms with Crippen molar-refractivity contribution in [2.75, 3.05) is 165 Å². The summed E-state index contributed by atoms with van der Waals surface area (Å²) < 4.78 is 71.2. The molecule has 2 amide bonds. The molecule has 0 saturated heterocycles. The van der Waals surface area contributed by atoms with E-state index in [1.54, 1.807) is 0 Å². The van der Waals surface area contributed by atoms with Crippen LogP contribution in [0.5, 0.6) is 0 Å². The number of fused-ring (bicyclic) bond motifs is 3. The number of nitrogens with one attached hydrogen (secondary N) is 2. The van der Waals surface area contributed by atoms with Gasteiger partial charge in [0.15, 0.2) is 0 Å². The van der Waals surface area contributed by atoms with Crippen LogP contribution in [0.2, 0.25) is 0 Å². The van der Waals surface area contributed by atoms with Crippen LogP contribution in [0.15, 0.2) is 48.5 Å². The predicted molar refractivity (Wildman–Crippen MR) is 231 cm³/mol. The van der Waals surface area contributed by atoms with Gasteiger partial charge in [0.1, 0.15) is 12.2 Å². The maximum atomic E-state index is 12.3. The van der Waals surface area contributed by atoms with E-state index >= 15 is 0 Å². The molecular formula is C45H72N2O15. The molecule has 352 valence electrons. The normalized spacial score (nSPS) is 12.3. The minimum atomic E-state index is -0.518. The average molecular weight is 881 g/mol. The Balaban J connectivity index is 0.921. The van der Waals surface area contributed by atoms with Crippen molar-refractivity contribution in [3.05, 3.63) is 59.7 Å². The zero-order chi connectivity index (χ0) is 44.2. The Kier molecular flexibility index (Phi) is 29.8. The van der Waals surface area contributed by atoms with Crippen LogP contribution in [-0.4, -0.2) is 183 Å². The molecule has 17 nitrogen and oxygen atoms in total. The van der Waals surface area contributed by atoms with Gasteiger partial charge in [0, 0.05) is 25.6 Å². The van der Waals surface area contributed by atoms with Crippen molar-refractivity contribution in [1.82, 2.24) is 10.6 Å². The molecule has 0 spiro atoms. The molecule has 3 rings (SSSR count). The Hall–Kier alpha value is -3.46. The standard InChI is InChI=1S/C45H72N2O15/c1-45(2,3)62-44(49)47-14-16-51-18-20-53-22-24-55-26-28-57-30-32-59-34-36-60-35-33-58-31-29-56-27-25-54-23-21-52-19-17-50-15-8-13-46-43(48)61-37-42-40-11-6-4-9-38(40)39-10-5-7-12-41(39)42/h4-7,9-12,42H,8,13-37H2,1-3H3,(H,46,48)(H,47,49). The summed E-state index contributed by atoms with van der Waals surface area (Å²) in [4.78, 5) is 23.8. The molecule has 0 atom stereocenters. The topological polar surface area (TPSA) is 178 Å². The van der Waals surface area contributed by atoms with E-state index in [0.29, 0.717) is 171 Å². The number of amides is 2. The van der Waals surface area contributed by atoms with Gasteiger partial charge >= 0.3 is 12.2 Å². The second-order valence-electron chi connectivity index (χ2n) is 14.8. The predicted octanol–water partition coefficient (Wildman–Crippen LogP) is 4.62. The Labute approximate surface area is 367 Å². The first-order valence-electron chi connectivity index (χ1n) is 21.8. The lowest BCUT2D eigenvalue weighted by Gasteiger charge is -2.19. The fourth-order valence-corrected chi connectivity index (χ4v) is 5.85. The van der Waals surface area contributed by atoms with Crippen LogP contribution < -0.4 is 10.6 Å². The molecule has 0 aliphatic heterocycles. The monoisotopic (exact) mass is 880 g/mol. The molecule has 17 heteroatoms. The van der Waals surface area contributed by atoms with Gasteiger partial charge in [0.05, 0.1) is 139 Å². The number of alkyl carbamates (subject to hydrolysis) is 2. The van der Waals surface area contributed by atoms with E-state index in [4.69, 9.17) is 61.6 Å². The van der Waals surface area contributed by atoms with Crippen LogP contribution in [0.4, 0.5) is 9.59 Å². The number of ether oxygens (including phenoxy) is 13. The Morgan fingerprint density at radius 1 is 0.435 bits per heavy atom. The van der Waals surface area contributed by atoms with Crippen molar-refractivity contribution in [3.8, 4) is 11.1 Å². The lowest BCUT2D eigenvalue weighted by atomic mass is 9.98. The lowest BCUT2D eigenvalue weighted by Crippen LogP contribution is -2.34. The molecule has 1 aliphatic rings.